The van der Waals surface area contributed by atoms with E-state index in [9.17, 15) is 8.42 Å². The number of hydrogen-bond donors (Lipinski definition) is 0. The molecule has 0 aliphatic rings. The molecule has 0 radical (unpaired) electrons. The number of hydrogen-bond acceptors (Lipinski definition) is 5. The molecule has 0 atom stereocenters. The number of aromatic nitrogens is 5. The van der Waals surface area contributed by atoms with Crippen LogP contribution in [0.2, 0.25) is 0 Å². The van der Waals surface area contributed by atoms with E-state index < -0.39 is 9.84 Å². The maximum absolute atomic E-state index is 12.1. The third-order valence-corrected chi connectivity index (χ3v) is 4.88. The van der Waals surface area contributed by atoms with E-state index in [2.05, 4.69) is 22.0 Å². The number of aryl methyl sites for hydroxylation is 2. The van der Waals surface area contributed by atoms with Crippen LogP contribution in [0.5, 0.6) is 0 Å². The summed E-state index contributed by atoms with van der Waals surface area (Å²) in [6.07, 6.45) is 12.3. The van der Waals surface area contributed by atoms with Crippen molar-refractivity contribution < 1.29 is 8.42 Å². The Morgan fingerprint density at radius 3 is 2.58 bits per heavy atom. The zero-order chi connectivity index (χ0) is 17.3. The van der Waals surface area contributed by atoms with Gasteiger partial charge in [0.2, 0.25) is 0 Å². The molecule has 0 aliphatic heterocycles. The van der Waals surface area contributed by atoms with Gasteiger partial charge in [0.1, 0.15) is 0 Å². The highest BCUT2D eigenvalue weighted by molar-refractivity contribution is 7.90. The summed E-state index contributed by atoms with van der Waals surface area (Å²) >= 11 is 0. The largest absolute Gasteiger partial charge is 0.295 e. The second-order valence-electron chi connectivity index (χ2n) is 6.01. The predicted octanol–water partition coefficient (Wildman–Crippen LogP) is 2.27. The molecule has 24 heavy (non-hydrogen) atoms. The Bertz CT molecular complexity index is 972. The molecule has 0 N–H and O–H groups in total. The maximum Gasteiger partial charge on any atom is 0.198 e. The molecule has 0 aliphatic carbocycles. The monoisotopic (exact) mass is 347 g/mol. The van der Waals surface area contributed by atoms with Gasteiger partial charge in [0.15, 0.2) is 20.5 Å². The molecule has 0 saturated heterocycles. The van der Waals surface area contributed by atoms with Gasteiger partial charge < -0.3 is 0 Å². The summed E-state index contributed by atoms with van der Waals surface area (Å²) < 4.78 is 27.8. The quantitative estimate of drug-likeness (QED) is 0.639. The molecule has 0 fully saturated rings. The molecule has 3 rings (SSSR count). The van der Waals surface area contributed by atoms with E-state index in [-0.39, 0.29) is 5.03 Å². The zero-order valence-electron chi connectivity index (χ0n) is 14.1. The van der Waals surface area contributed by atoms with Gasteiger partial charge in [0.25, 0.3) is 0 Å². The van der Waals surface area contributed by atoms with Gasteiger partial charge in [0, 0.05) is 31.3 Å². The van der Waals surface area contributed by atoms with Crippen molar-refractivity contribution in [2.24, 2.45) is 7.05 Å². The van der Waals surface area contributed by atoms with Crippen LogP contribution in [0.25, 0.3) is 16.9 Å². The highest BCUT2D eigenvalue weighted by atomic mass is 32.2. The molecule has 0 amide bonds. The van der Waals surface area contributed by atoms with Crippen molar-refractivity contribution in [2.75, 3.05) is 6.26 Å². The average molecular weight is 347 g/mol. The van der Waals surface area contributed by atoms with E-state index in [0.717, 1.165) is 42.6 Å². The summed E-state index contributed by atoms with van der Waals surface area (Å²) in [5.41, 5.74) is 2.81. The van der Waals surface area contributed by atoms with Gasteiger partial charge in [0.05, 0.1) is 23.8 Å². The first kappa shape index (κ1) is 16.6. The predicted molar refractivity (Wildman–Crippen MR) is 91.5 cm³/mol. The molecule has 0 aromatic carbocycles. The second kappa shape index (κ2) is 6.35. The number of imidazole rings is 1. The van der Waals surface area contributed by atoms with Crippen molar-refractivity contribution in [3.8, 4) is 11.3 Å². The fourth-order valence-corrected chi connectivity index (χ4v) is 3.47. The number of sulfone groups is 1. The van der Waals surface area contributed by atoms with Gasteiger partial charge in [-0.15, -0.1) is 0 Å². The first-order chi connectivity index (χ1) is 11.4. The Morgan fingerprint density at radius 2 is 1.96 bits per heavy atom. The van der Waals surface area contributed by atoms with Crippen LogP contribution in [-0.2, 0) is 23.3 Å². The fourth-order valence-electron chi connectivity index (χ4n) is 2.70. The lowest BCUT2D eigenvalue weighted by atomic mass is 10.1. The van der Waals surface area contributed by atoms with Crippen LogP contribution in [0.15, 0.2) is 29.8 Å². The summed E-state index contributed by atoms with van der Waals surface area (Å²) in [4.78, 5) is 8.66. The summed E-state index contributed by atoms with van der Waals surface area (Å²) in [6.45, 7) is 2.13. The van der Waals surface area contributed by atoms with Crippen LogP contribution in [0.4, 0.5) is 0 Å². The Balaban J connectivity index is 2.17. The van der Waals surface area contributed by atoms with Crippen LogP contribution in [0, 0.1) is 0 Å². The highest BCUT2D eigenvalue weighted by Gasteiger charge is 2.20. The fraction of sp³-hybridized carbons (Fsp3) is 0.438. The van der Waals surface area contributed by atoms with Crippen molar-refractivity contribution >= 4 is 15.5 Å². The molecule has 3 aromatic heterocycles. The minimum atomic E-state index is -3.46. The summed E-state index contributed by atoms with van der Waals surface area (Å²) in [5, 5.41) is 4.21. The molecule has 0 saturated carbocycles. The van der Waals surface area contributed by atoms with E-state index in [1.54, 1.807) is 17.1 Å². The third-order valence-electron chi connectivity index (χ3n) is 3.90. The Kier molecular flexibility index (Phi) is 4.40. The lowest BCUT2D eigenvalue weighted by Crippen LogP contribution is -2.08. The molecule has 0 spiro atoms. The smallest absolute Gasteiger partial charge is 0.198 e. The summed E-state index contributed by atoms with van der Waals surface area (Å²) in [6, 6.07) is 0. The Morgan fingerprint density at radius 1 is 1.17 bits per heavy atom. The second-order valence-corrected chi connectivity index (χ2v) is 7.94. The van der Waals surface area contributed by atoms with E-state index in [1.165, 1.54) is 6.26 Å². The molecule has 0 bridgehead atoms. The van der Waals surface area contributed by atoms with Gasteiger partial charge in [-0.05, 0) is 12.8 Å². The van der Waals surface area contributed by atoms with Crippen LogP contribution in [-0.4, -0.2) is 38.8 Å². The molecule has 3 heterocycles. The van der Waals surface area contributed by atoms with E-state index >= 15 is 0 Å². The van der Waals surface area contributed by atoms with Crippen molar-refractivity contribution in [1.29, 1.82) is 0 Å². The normalized spacial score (nSPS) is 12.1. The number of unbranched alkanes of at least 4 members (excludes halogenated alkanes) is 2. The molecular weight excluding hydrogens is 326 g/mol. The van der Waals surface area contributed by atoms with E-state index in [4.69, 9.17) is 0 Å². The standard InChI is InChI=1S/C16H21N5O2S/c1-4-5-6-7-13-11-21-14(12-8-18-20(2)10-12)9-17-15(21)16(19-13)24(3,22)23/h8-11H,4-7H2,1-3H3. The van der Waals surface area contributed by atoms with E-state index in [0.29, 0.717) is 5.65 Å². The van der Waals surface area contributed by atoms with Crippen molar-refractivity contribution in [3.05, 3.63) is 30.5 Å². The molecule has 3 aromatic rings. The molecular formula is C16H21N5O2S. The highest BCUT2D eigenvalue weighted by Crippen LogP contribution is 2.24. The van der Waals surface area contributed by atoms with Crippen molar-refractivity contribution in [2.45, 2.75) is 37.6 Å². The van der Waals surface area contributed by atoms with Crippen molar-refractivity contribution in [3.63, 3.8) is 0 Å². The van der Waals surface area contributed by atoms with Gasteiger partial charge in [-0.2, -0.15) is 5.10 Å². The van der Waals surface area contributed by atoms with Gasteiger partial charge in [-0.3, -0.25) is 9.08 Å². The van der Waals surface area contributed by atoms with E-state index in [1.807, 2.05) is 23.8 Å². The van der Waals surface area contributed by atoms with Crippen LogP contribution >= 0.6 is 0 Å². The maximum atomic E-state index is 12.1. The third kappa shape index (κ3) is 3.19. The summed E-state index contributed by atoms with van der Waals surface area (Å²) in [7, 11) is -1.62. The number of nitrogens with zero attached hydrogens (tertiary/aromatic N) is 5. The van der Waals surface area contributed by atoms with Crippen LogP contribution in [0.1, 0.15) is 31.9 Å². The van der Waals surface area contributed by atoms with Crippen molar-refractivity contribution in [1.82, 2.24) is 24.1 Å². The van der Waals surface area contributed by atoms with Crippen LogP contribution < -0.4 is 0 Å². The van der Waals surface area contributed by atoms with Gasteiger partial charge >= 0.3 is 0 Å². The Hall–Kier alpha value is -2.22. The minimum absolute atomic E-state index is 0.0339. The lowest BCUT2D eigenvalue weighted by Gasteiger charge is -2.07. The van der Waals surface area contributed by atoms with Gasteiger partial charge in [-0.25, -0.2) is 18.4 Å². The summed E-state index contributed by atoms with van der Waals surface area (Å²) in [5.74, 6) is 0. The average Bonchev–Trinajstić information content (AvgIpc) is 3.11. The number of rotatable bonds is 6. The molecule has 0 unspecified atom stereocenters. The first-order valence-electron chi connectivity index (χ1n) is 7.96. The SMILES string of the molecule is CCCCCc1cn2c(-c3cnn(C)c3)cnc2c(S(C)(=O)=O)n1. The van der Waals surface area contributed by atoms with Gasteiger partial charge in [-0.1, -0.05) is 19.8 Å². The topological polar surface area (TPSA) is 82.2 Å². The molecule has 7 nitrogen and oxygen atoms in total. The number of fused-ring (bicyclic) bond motifs is 1. The first-order valence-corrected chi connectivity index (χ1v) is 9.85. The lowest BCUT2D eigenvalue weighted by molar-refractivity contribution is 0.597. The Labute approximate surface area is 141 Å². The molecule has 128 valence electrons. The zero-order valence-corrected chi connectivity index (χ0v) is 14.9. The van der Waals surface area contributed by atoms with Crippen LogP contribution in [0.3, 0.4) is 0 Å². The molecule has 8 heteroatoms. The minimum Gasteiger partial charge on any atom is -0.295 e.